The molecule has 3 rings (SSSR count). The van der Waals surface area contributed by atoms with Crippen molar-refractivity contribution in [2.24, 2.45) is 0 Å². The number of thiazole rings is 1. The number of H-pyrrole nitrogens is 1. The zero-order valence-electron chi connectivity index (χ0n) is 10.2. The molecule has 102 valence electrons. The maximum absolute atomic E-state index is 11.6. The summed E-state index contributed by atoms with van der Waals surface area (Å²) in [5, 5.41) is 7.65. The summed E-state index contributed by atoms with van der Waals surface area (Å²) in [7, 11) is 0. The van der Waals surface area contributed by atoms with E-state index in [9.17, 15) is 4.79 Å². The van der Waals surface area contributed by atoms with Crippen LogP contribution in [0.4, 0.5) is 5.13 Å². The lowest BCUT2D eigenvalue weighted by Crippen LogP contribution is -2.30. The second-order valence-corrected chi connectivity index (χ2v) is 5.73. The van der Waals surface area contributed by atoms with Gasteiger partial charge in [-0.05, 0) is 12.1 Å². The summed E-state index contributed by atoms with van der Waals surface area (Å²) in [6, 6.07) is 7.80. The van der Waals surface area contributed by atoms with Gasteiger partial charge in [-0.1, -0.05) is 35.2 Å². The third kappa shape index (κ3) is 3.06. The highest BCUT2D eigenvalue weighted by molar-refractivity contribution is 7.99. The molecular weight excluding hydrogens is 296 g/mol. The minimum atomic E-state index is -0.161. The standard InChI is InChI=1S/C11H10N6OS2/c18-9(5-19-10-12-6-13-16-10)15-17-11-14-7-3-1-2-4-8(7)20-11/h1-4,6H,5H2,(H,14,17)(H,15,18)(H,12,13,16). The van der Waals surface area contributed by atoms with Crippen molar-refractivity contribution in [1.82, 2.24) is 25.6 Å². The van der Waals surface area contributed by atoms with Gasteiger partial charge in [0.05, 0.1) is 16.0 Å². The van der Waals surface area contributed by atoms with Gasteiger partial charge in [0.15, 0.2) is 5.16 Å². The molecule has 0 aliphatic heterocycles. The van der Waals surface area contributed by atoms with Gasteiger partial charge in [0.1, 0.15) is 6.33 Å². The number of benzene rings is 1. The van der Waals surface area contributed by atoms with Crippen LogP contribution < -0.4 is 10.9 Å². The maximum Gasteiger partial charge on any atom is 0.248 e. The number of hydrogen-bond donors (Lipinski definition) is 3. The summed E-state index contributed by atoms with van der Waals surface area (Å²) in [5.74, 6) is 0.0817. The number of thioether (sulfide) groups is 1. The number of aromatic amines is 1. The van der Waals surface area contributed by atoms with E-state index < -0.39 is 0 Å². The highest BCUT2D eigenvalue weighted by atomic mass is 32.2. The van der Waals surface area contributed by atoms with E-state index in [4.69, 9.17) is 0 Å². The summed E-state index contributed by atoms with van der Waals surface area (Å²) < 4.78 is 1.07. The Morgan fingerprint density at radius 1 is 1.40 bits per heavy atom. The summed E-state index contributed by atoms with van der Waals surface area (Å²) in [5.41, 5.74) is 6.32. The lowest BCUT2D eigenvalue weighted by atomic mass is 10.3. The maximum atomic E-state index is 11.6. The number of carbonyl (C=O) groups is 1. The number of para-hydroxylation sites is 1. The molecule has 2 aromatic heterocycles. The molecule has 0 atom stereocenters. The molecule has 1 aromatic carbocycles. The number of amides is 1. The summed E-state index contributed by atoms with van der Waals surface area (Å²) in [6.07, 6.45) is 1.40. The lowest BCUT2D eigenvalue weighted by Gasteiger charge is -2.03. The van der Waals surface area contributed by atoms with Gasteiger partial charge in [0.25, 0.3) is 0 Å². The molecule has 3 aromatic rings. The minimum absolute atomic E-state index is 0.161. The average molecular weight is 306 g/mol. The predicted octanol–water partition coefficient (Wildman–Crippen LogP) is 1.65. The summed E-state index contributed by atoms with van der Waals surface area (Å²) in [4.78, 5) is 19.9. The largest absolute Gasteiger partial charge is 0.273 e. The van der Waals surface area contributed by atoms with Crippen LogP contribution in [-0.2, 0) is 4.79 Å². The Morgan fingerprint density at radius 2 is 2.30 bits per heavy atom. The molecule has 0 saturated carbocycles. The number of anilines is 1. The zero-order chi connectivity index (χ0) is 13.8. The van der Waals surface area contributed by atoms with Gasteiger partial charge in [-0.3, -0.25) is 20.7 Å². The van der Waals surface area contributed by atoms with Crippen LogP contribution in [0.5, 0.6) is 0 Å². The van der Waals surface area contributed by atoms with E-state index in [1.807, 2.05) is 24.3 Å². The first kappa shape index (κ1) is 12.9. The third-order valence-electron chi connectivity index (χ3n) is 2.34. The zero-order valence-corrected chi connectivity index (χ0v) is 11.8. The fraction of sp³-hybridized carbons (Fsp3) is 0.0909. The first-order valence-electron chi connectivity index (χ1n) is 5.70. The minimum Gasteiger partial charge on any atom is -0.273 e. The molecular formula is C11H10N6OS2. The molecule has 0 radical (unpaired) electrons. The molecule has 0 unspecified atom stereocenters. The molecule has 7 nitrogen and oxygen atoms in total. The number of nitrogens with one attached hydrogen (secondary N) is 3. The molecule has 0 bridgehead atoms. The fourth-order valence-corrected chi connectivity index (χ4v) is 2.88. The second kappa shape index (κ2) is 5.88. The van der Waals surface area contributed by atoms with Crippen LogP contribution in [0.3, 0.4) is 0 Å². The Hall–Kier alpha value is -2.13. The van der Waals surface area contributed by atoms with Crippen molar-refractivity contribution in [2.75, 3.05) is 11.2 Å². The van der Waals surface area contributed by atoms with Gasteiger partial charge in [-0.25, -0.2) is 9.97 Å². The predicted molar refractivity (Wildman–Crippen MR) is 78.5 cm³/mol. The molecule has 0 fully saturated rings. The topological polar surface area (TPSA) is 95.6 Å². The van der Waals surface area contributed by atoms with Crippen LogP contribution in [0.15, 0.2) is 35.7 Å². The van der Waals surface area contributed by atoms with Gasteiger partial charge < -0.3 is 0 Å². The fourth-order valence-electron chi connectivity index (χ4n) is 1.48. The second-order valence-electron chi connectivity index (χ2n) is 3.74. The smallest absolute Gasteiger partial charge is 0.248 e. The number of hydrazine groups is 1. The highest BCUT2D eigenvalue weighted by Gasteiger charge is 2.06. The highest BCUT2D eigenvalue weighted by Crippen LogP contribution is 2.24. The quantitative estimate of drug-likeness (QED) is 0.490. The van der Waals surface area contributed by atoms with Crippen LogP contribution >= 0.6 is 23.1 Å². The van der Waals surface area contributed by atoms with Crippen molar-refractivity contribution >= 4 is 44.4 Å². The van der Waals surface area contributed by atoms with E-state index in [1.165, 1.54) is 29.4 Å². The van der Waals surface area contributed by atoms with Crippen molar-refractivity contribution in [2.45, 2.75) is 5.16 Å². The van der Waals surface area contributed by atoms with Gasteiger partial charge >= 0.3 is 0 Å². The van der Waals surface area contributed by atoms with E-state index in [-0.39, 0.29) is 11.7 Å². The van der Waals surface area contributed by atoms with E-state index in [0.29, 0.717) is 10.3 Å². The Balaban J connectivity index is 1.52. The first-order chi connectivity index (χ1) is 9.81. The normalized spacial score (nSPS) is 10.6. The third-order valence-corrected chi connectivity index (χ3v) is 4.16. The summed E-state index contributed by atoms with van der Waals surface area (Å²) >= 11 is 2.76. The number of rotatable bonds is 5. The van der Waals surface area contributed by atoms with Crippen molar-refractivity contribution in [3.05, 3.63) is 30.6 Å². The molecule has 0 spiro atoms. The molecule has 3 N–H and O–H groups in total. The molecule has 2 heterocycles. The number of carbonyl (C=O) groups excluding carboxylic acids is 1. The van der Waals surface area contributed by atoms with Gasteiger partial charge in [-0.2, -0.15) is 5.10 Å². The molecule has 0 aliphatic rings. The van der Waals surface area contributed by atoms with Crippen LogP contribution in [0.25, 0.3) is 10.2 Å². The van der Waals surface area contributed by atoms with E-state index in [2.05, 4.69) is 31.0 Å². The van der Waals surface area contributed by atoms with Gasteiger partial charge in [-0.15, -0.1) is 0 Å². The van der Waals surface area contributed by atoms with Crippen molar-refractivity contribution in [3.63, 3.8) is 0 Å². The molecule has 0 aliphatic carbocycles. The van der Waals surface area contributed by atoms with Crippen molar-refractivity contribution in [3.8, 4) is 0 Å². The van der Waals surface area contributed by atoms with Crippen LogP contribution in [0.1, 0.15) is 0 Å². The molecule has 9 heteroatoms. The molecule has 20 heavy (non-hydrogen) atoms. The molecule has 0 saturated heterocycles. The van der Waals surface area contributed by atoms with E-state index >= 15 is 0 Å². The Morgan fingerprint density at radius 3 is 3.10 bits per heavy atom. The van der Waals surface area contributed by atoms with Gasteiger partial charge in [0.2, 0.25) is 11.0 Å². The van der Waals surface area contributed by atoms with Crippen LogP contribution in [0, 0.1) is 0 Å². The monoisotopic (exact) mass is 306 g/mol. The summed E-state index contributed by atoms with van der Waals surface area (Å²) in [6.45, 7) is 0. The van der Waals surface area contributed by atoms with E-state index in [0.717, 1.165) is 10.2 Å². The number of fused-ring (bicyclic) bond motifs is 1. The van der Waals surface area contributed by atoms with Crippen LogP contribution in [-0.4, -0.2) is 31.8 Å². The van der Waals surface area contributed by atoms with Crippen molar-refractivity contribution in [1.29, 1.82) is 0 Å². The average Bonchev–Trinajstić information content (AvgIpc) is 3.11. The van der Waals surface area contributed by atoms with E-state index in [1.54, 1.807) is 0 Å². The number of aromatic nitrogens is 4. The number of hydrogen-bond acceptors (Lipinski definition) is 7. The van der Waals surface area contributed by atoms with Crippen molar-refractivity contribution < 1.29 is 4.79 Å². The van der Waals surface area contributed by atoms with Gasteiger partial charge in [0, 0.05) is 0 Å². The first-order valence-corrected chi connectivity index (χ1v) is 7.50. The Labute approximate surface area is 122 Å². The SMILES string of the molecule is O=C(CSc1ncn[nH]1)NNc1nc2ccccc2s1. The Bertz CT molecular complexity index is 678. The lowest BCUT2D eigenvalue weighted by molar-refractivity contribution is -0.118. The Kier molecular flexibility index (Phi) is 3.79. The molecule has 1 amide bonds. The number of nitrogens with zero attached hydrogens (tertiary/aromatic N) is 3. The van der Waals surface area contributed by atoms with Crippen LogP contribution in [0.2, 0.25) is 0 Å².